The zero-order chi connectivity index (χ0) is 13.7. The van der Waals surface area contributed by atoms with Gasteiger partial charge in [-0.05, 0) is 42.0 Å². The largest absolute Gasteiger partial charge is 0.381 e. The summed E-state index contributed by atoms with van der Waals surface area (Å²) in [5, 5.41) is 3.25. The van der Waals surface area contributed by atoms with Crippen LogP contribution in [0.15, 0.2) is 48.8 Å². The van der Waals surface area contributed by atoms with Crippen molar-refractivity contribution in [3.05, 3.63) is 54.4 Å². The van der Waals surface area contributed by atoms with Gasteiger partial charge in [-0.1, -0.05) is 0 Å². The highest BCUT2D eigenvalue weighted by Gasteiger charge is 2.01. The van der Waals surface area contributed by atoms with Crippen LogP contribution in [0.2, 0.25) is 0 Å². The maximum absolute atomic E-state index is 11.1. The molecule has 2 aromatic rings. The van der Waals surface area contributed by atoms with Gasteiger partial charge in [-0.2, -0.15) is 0 Å². The fourth-order valence-electron chi connectivity index (χ4n) is 1.57. The van der Waals surface area contributed by atoms with Gasteiger partial charge < -0.3 is 5.32 Å². The van der Waals surface area contributed by atoms with E-state index in [4.69, 9.17) is 0 Å². The lowest BCUT2D eigenvalue weighted by Gasteiger charge is -2.08. The van der Waals surface area contributed by atoms with Crippen LogP contribution in [0, 0.1) is 0 Å². The average molecular weight is 277 g/mol. The molecule has 0 atom stereocenters. The highest BCUT2D eigenvalue weighted by atomic mass is 32.2. The standard InChI is InChI=1S/C13H15N3O2S/c1-19(17,18)16-13-4-2-12(3-5-13)15-10-11-6-8-14-9-7-11/h2-9,15-16H,10H2,1H3. The molecule has 1 heterocycles. The van der Waals surface area contributed by atoms with E-state index in [1.54, 1.807) is 24.5 Å². The van der Waals surface area contributed by atoms with E-state index in [-0.39, 0.29) is 0 Å². The van der Waals surface area contributed by atoms with E-state index < -0.39 is 10.0 Å². The van der Waals surface area contributed by atoms with E-state index in [1.807, 2.05) is 24.3 Å². The number of anilines is 2. The summed E-state index contributed by atoms with van der Waals surface area (Å²) in [6, 6.07) is 11.0. The molecule has 1 aromatic carbocycles. The van der Waals surface area contributed by atoms with Crippen LogP contribution in [0.5, 0.6) is 0 Å². The van der Waals surface area contributed by atoms with Gasteiger partial charge >= 0.3 is 0 Å². The first-order valence-electron chi connectivity index (χ1n) is 5.73. The van der Waals surface area contributed by atoms with Crippen molar-refractivity contribution >= 4 is 21.4 Å². The lowest BCUT2D eigenvalue weighted by atomic mass is 10.2. The third-order valence-electron chi connectivity index (χ3n) is 2.43. The second-order valence-corrected chi connectivity index (χ2v) is 5.91. The monoisotopic (exact) mass is 277 g/mol. The highest BCUT2D eigenvalue weighted by Crippen LogP contribution is 2.15. The van der Waals surface area contributed by atoms with Crippen molar-refractivity contribution in [1.82, 2.24) is 4.98 Å². The van der Waals surface area contributed by atoms with Crippen molar-refractivity contribution < 1.29 is 8.42 Å². The SMILES string of the molecule is CS(=O)(=O)Nc1ccc(NCc2ccncc2)cc1. The molecule has 0 radical (unpaired) electrons. The van der Waals surface area contributed by atoms with Crippen molar-refractivity contribution in [3.8, 4) is 0 Å². The molecule has 0 unspecified atom stereocenters. The van der Waals surface area contributed by atoms with Crippen LogP contribution in [-0.4, -0.2) is 19.7 Å². The number of aromatic nitrogens is 1. The molecule has 1 aromatic heterocycles. The van der Waals surface area contributed by atoms with Crippen molar-refractivity contribution in [3.63, 3.8) is 0 Å². The molecular formula is C13H15N3O2S. The molecular weight excluding hydrogens is 262 g/mol. The summed E-state index contributed by atoms with van der Waals surface area (Å²) in [6.45, 7) is 0.696. The van der Waals surface area contributed by atoms with Gasteiger partial charge in [0.1, 0.15) is 0 Å². The zero-order valence-electron chi connectivity index (χ0n) is 10.5. The maximum Gasteiger partial charge on any atom is 0.229 e. The van der Waals surface area contributed by atoms with Crippen LogP contribution in [-0.2, 0) is 16.6 Å². The van der Waals surface area contributed by atoms with E-state index in [0.29, 0.717) is 12.2 Å². The van der Waals surface area contributed by atoms with Crippen molar-refractivity contribution in [2.75, 3.05) is 16.3 Å². The summed E-state index contributed by atoms with van der Waals surface area (Å²) < 4.78 is 24.5. The minimum atomic E-state index is -3.22. The number of hydrogen-bond acceptors (Lipinski definition) is 4. The summed E-state index contributed by atoms with van der Waals surface area (Å²) in [4.78, 5) is 3.95. The minimum absolute atomic E-state index is 0.553. The first-order chi connectivity index (χ1) is 9.03. The maximum atomic E-state index is 11.1. The summed E-state index contributed by atoms with van der Waals surface area (Å²) >= 11 is 0. The Kier molecular flexibility index (Phi) is 4.01. The van der Waals surface area contributed by atoms with Gasteiger partial charge in [0, 0.05) is 30.3 Å². The van der Waals surface area contributed by atoms with Gasteiger partial charge in [0.05, 0.1) is 6.26 Å². The second kappa shape index (κ2) is 5.71. The fraction of sp³-hybridized carbons (Fsp3) is 0.154. The molecule has 19 heavy (non-hydrogen) atoms. The van der Waals surface area contributed by atoms with Crippen molar-refractivity contribution in [2.45, 2.75) is 6.54 Å². The third-order valence-corrected chi connectivity index (χ3v) is 3.04. The van der Waals surface area contributed by atoms with Crippen LogP contribution in [0.25, 0.3) is 0 Å². The quantitative estimate of drug-likeness (QED) is 0.877. The van der Waals surface area contributed by atoms with Gasteiger partial charge in [-0.3, -0.25) is 9.71 Å². The number of benzene rings is 1. The Hall–Kier alpha value is -2.08. The van der Waals surface area contributed by atoms with Gasteiger partial charge in [0.2, 0.25) is 10.0 Å². The topological polar surface area (TPSA) is 71.1 Å². The highest BCUT2D eigenvalue weighted by molar-refractivity contribution is 7.92. The molecule has 0 aliphatic carbocycles. The Labute approximate surface area is 112 Å². The average Bonchev–Trinajstić information content (AvgIpc) is 2.37. The van der Waals surface area contributed by atoms with E-state index in [0.717, 1.165) is 17.5 Å². The summed E-state index contributed by atoms with van der Waals surface area (Å²) in [6.07, 6.45) is 4.62. The van der Waals surface area contributed by atoms with Gasteiger partial charge in [-0.15, -0.1) is 0 Å². The molecule has 6 heteroatoms. The third kappa shape index (κ3) is 4.59. The van der Waals surface area contributed by atoms with Gasteiger partial charge in [0.15, 0.2) is 0 Å². The predicted molar refractivity (Wildman–Crippen MR) is 76.5 cm³/mol. The minimum Gasteiger partial charge on any atom is -0.381 e. The molecule has 0 saturated heterocycles. The number of pyridine rings is 1. The van der Waals surface area contributed by atoms with Gasteiger partial charge in [0.25, 0.3) is 0 Å². The summed E-state index contributed by atoms with van der Waals surface area (Å²) in [7, 11) is -3.22. The molecule has 0 aliphatic heterocycles. The molecule has 0 bridgehead atoms. The van der Waals surface area contributed by atoms with E-state index in [9.17, 15) is 8.42 Å². The Morgan fingerprint density at radius 2 is 1.58 bits per heavy atom. The first kappa shape index (κ1) is 13.4. The Morgan fingerprint density at radius 1 is 1.00 bits per heavy atom. The Balaban J connectivity index is 1.96. The first-order valence-corrected chi connectivity index (χ1v) is 7.63. The molecule has 2 rings (SSSR count). The van der Waals surface area contributed by atoms with Crippen LogP contribution >= 0.6 is 0 Å². The zero-order valence-corrected chi connectivity index (χ0v) is 11.3. The van der Waals surface area contributed by atoms with Crippen LogP contribution in [0.4, 0.5) is 11.4 Å². The van der Waals surface area contributed by atoms with Crippen LogP contribution < -0.4 is 10.0 Å². The lowest BCUT2D eigenvalue weighted by molar-refractivity contribution is 0.607. The van der Waals surface area contributed by atoms with E-state index >= 15 is 0 Å². The molecule has 0 fully saturated rings. The lowest BCUT2D eigenvalue weighted by Crippen LogP contribution is -2.09. The number of nitrogens with zero attached hydrogens (tertiary/aromatic N) is 1. The number of sulfonamides is 1. The van der Waals surface area contributed by atoms with Crippen LogP contribution in [0.1, 0.15) is 5.56 Å². The van der Waals surface area contributed by atoms with Crippen LogP contribution in [0.3, 0.4) is 0 Å². The summed E-state index contributed by atoms with van der Waals surface area (Å²) in [5.41, 5.74) is 2.61. The molecule has 0 saturated carbocycles. The number of nitrogens with one attached hydrogen (secondary N) is 2. The summed E-state index contributed by atoms with van der Waals surface area (Å²) in [5.74, 6) is 0. The molecule has 100 valence electrons. The fourth-order valence-corrected chi connectivity index (χ4v) is 2.14. The molecule has 0 spiro atoms. The Morgan fingerprint density at radius 3 is 2.16 bits per heavy atom. The Bertz CT molecular complexity index is 625. The molecule has 2 N–H and O–H groups in total. The molecule has 5 nitrogen and oxygen atoms in total. The predicted octanol–water partition coefficient (Wildman–Crippen LogP) is 2.07. The molecule has 0 aliphatic rings. The van der Waals surface area contributed by atoms with Crippen molar-refractivity contribution in [1.29, 1.82) is 0 Å². The number of rotatable bonds is 5. The number of hydrogen-bond donors (Lipinski definition) is 2. The second-order valence-electron chi connectivity index (χ2n) is 4.16. The normalized spacial score (nSPS) is 11.0. The molecule has 0 amide bonds. The van der Waals surface area contributed by atoms with E-state index in [1.165, 1.54) is 0 Å². The van der Waals surface area contributed by atoms with Gasteiger partial charge in [-0.25, -0.2) is 8.42 Å². The van der Waals surface area contributed by atoms with Crippen molar-refractivity contribution in [2.24, 2.45) is 0 Å². The smallest absolute Gasteiger partial charge is 0.229 e. The van der Waals surface area contributed by atoms with E-state index in [2.05, 4.69) is 15.0 Å².